The van der Waals surface area contributed by atoms with Gasteiger partial charge in [0.2, 0.25) is 0 Å². The molecule has 0 unspecified atom stereocenters. The standard InChI is InChI=1S/C28H54N8O14/c29-35-33-3-7-43-11-15-47-19-23-49-21-17-45-13-9-41-5-1-31-27(39)25(37)26(38)28(40)32-2-6-42-10-14-46-18-22-50-24-20-48-16-12-44-8-4-34-36-30/h25-26,37-38H,1-24H2,(H,31,39)(H,32,40)/t25-,26-/m1/s1. The molecular formula is C28H54N8O14. The molecule has 0 fully saturated rings. The summed E-state index contributed by atoms with van der Waals surface area (Å²) < 4.78 is 53.2. The molecule has 0 aliphatic heterocycles. The largest absolute Gasteiger partial charge is 0.380 e. The van der Waals surface area contributed by atoms with Crippen LogP contribution in [-0.2, 0) is 57.0 Å². The number of aliphatic hydroxyl groups excluding tert-OH is 2. The number of nitrogens with one attached hydrogen (secondary N) is 2. The Morgan fingerprint density at radius 1 is 0.440 bits per heavy atom. The lowest BCUT2D eigenvalue weighted by Gasteiger charge is -2.17. The predicted octanol–water partition coefficient (Wildman–Crippen LogP) is -1.27. The van der Waals surface area contributed by atoms with Crippen LogP contribution in [0.4, 0.5) is 0 Å². The number of nitrogens with zero attached hydrogens (tertiary/aromatic N) is 6. The number of ether oxygens (including phenoxy) is 10. The van der Waals surface area contributed by atoms with Gasteiger partial charge in [-0.05, 0) is 11.1 Å². The van der Waals surface area contributed by atoms with Crippen molar-refractivity contribution in [2.24, 2.45) is 10.2 Å². The van der Waals surface area contributed by atoms with Gasteiger partial charge in [-0.3, -0.25) is 9.59 Å². The number of amides is 2. The average molecular weight is 727 g/mol. The topological polar surface area (TPSA) is 288 Å². The van der Waals surface area contributed by atoms with Crippen LogP contribution in [0.1, 0.15) is 0 Å². The minimum atomic E-state index is -1.95. The monoisotopic (exact) mass is 726 g/mol. The van der Waals surface area contributed by atoms with E-state index in [1.165, 1.54) is 0 Å². The van der Waals surface area contributed by atoms with Crippen molar-refractivity contribution in [2.75, 3.05) is 158 Å². The molecule has 0 aromatic carbocycles. The lowest BCUT2D eigenvalue weighted by atomic mass is 10.2. The molecule has 0 radical (unpaired) electrons. The maximum Gasteiger partial charge on any atom is 0.252 e. The lowest BCUT2D eigenvalue weighted by molar-refractivity contribution is -0.146. The summed E-state index contributed by atoms with van der Waals surface area (Å²) >= 11 is 0. The molecule has 0 spiro atoms. The number of azide groups is 2. The third kappa shape index (κ3) is 33.6. The third-order valence-corrected chi connectivity index (χ3v) is 5.70. The Morgan fingerprint density at radius 2 is 0.660 bits per heavy atom. The number of carbonyl (C=O) groups excluding carboxylic acids is 2. The Morgan fingerprint density at radius 3 is 0.900 bits per heavy atom. The number of carbonyl (C=O) groups is 2. The Hall–Kier alpha value is -2.92. The molecule has 0 bridgehead atoms. The predicted molar refractivity (Wildman–Crippen MR) is 174 cm³/mol. The summed E-state index contributed by atoms with van der Waals surface area (Å²) in [6.45, 7) is 7.62. The summed E-state index contributed by atoms with van der Waals surface area (Å²) in [5.74, 6) is -1.83. The zero-order valence-corrected chi connectivity index (χ0v) is 28.6. The van der Waals surface area contributed by atoms with E-state index in [-0.39, 0.29) is 52.6 Å². The van der Waals surface area contributed by atoms with Crippen LogP contribution >= 0.6 is 0 Å². The van der Waals surface area contributed by atoms with Crippen molar-refractivity contribution >= 4 is 11.8 Å². The average Bonchev–Trinajstić information content (AvgIpc) is 3.12. The summed E-state index contributed by atoms with van der Waals surface area (Å²) in [5, 5.41) is 31.4. The van der Waals surface area contributed by atoms with Crippen LogP contribution in [0.15, 0.2) is 10.2 Å². The highest BCUT2D eigenvalue weighted by Gasteiger charge is 2.29. The fraction of sp³-hybridized carbons (Fsp3) is 0.929. The summed E-state index contributed by atoms with van der Waals surface area (Å²) in [4.78, 5) is 29.3. The normalized spacial score (nSPS) is 12.1. The first-order valence-corrected chi connectivity index (χ1v) is 16.2. The number of aliphatic hydroxyl groups is 2. The van der Waals surface area contributed by atoms with Gasteiger partial charge < -0.3 is 68.2 Å². The fourth-order valence-electron chi connectivity index (χ4n) is 3.25. The van der Waals surface area contributed by atoms with Crippen molar-refractivity contribution in [3.63, 3.8) is 0 Å². The zero-order chi connectivity index (χ0) is 36.6. The van der Waals surface area contributed by atoms with E-state index in [0.29, 0.717) is 106 Å². The number of hydrogen-bond acceptors (Lipinski definition) is 16. The van der Waals surface area contributed by atoms with Gasteiger partial charge in [-0.2, -0.15) is 0 Å². The molecule has 0 aromatic rings. The van der Waals surface area contributed by atoms with Crippen LogP contribution in [-0.4, -0.2) is 193 Å². The van der Waals surface area contributed by atoms with Gasteiger partial charge >= 0.3 is 0 Å². The third-order valence-electron chi connectivity index (χ3n) is 5.70. The second-order valence-electron chi connectivity index (χ2n) is 9.50. The molecule has 0 aromatic heterocycles. The highest BCUT2D eigenvalue weighted by molar-refractivity contribution is 5.90. The van der Waals surface area contributed by atoms with Gasteiger partial charge in [0.1, 0.15) is 0 Å². The fourth-order valence-corrected chi connectivity index (χ4v) is 3.25. The highest BCUT2D eigenvalue weighted by Crippen LogP contribution is 1.95. The van der Waals surface area contributed by atoms with Crippen LogP contribution in [0.3, 0.4) is 0 Å². The smallest absolute Gasteiger partial charge is 0.252 e. The summed E-state index contributed by atoms with van der Waals surface area (Å²) in [7, 11) is 0. The SMILES string of the molecule is [N-]=[N+]=NCCOCCOCCOCCOCCOCCNC(=O)[C@H](O)[C@@H](O)C(=O)NCCOCCOCCOCCOCCOCCN=[N+]=[N-]. The molecule has 0 aliphatic carbocycles. The molecule has 0 saturated carbocycles. The van der Waals surface area contributed by atoms with Gasteiger partial charge in [0.15, 0.2) is 12.2 Å². The molecule has 50 heavy (non-hydrogen) atoms. The first-order valence-electron chi connectivity index (χ1n) is 16.2. The molecule has 22 heteroatoms. The molecule has 290 valence electrons. The minimum absolute atomic E-state index is 0.0571. The molecule has 22 nitrogen and oxygen atoms in total. The van der Waals surface area contributed by atoms with Gasteiger partial charge in [0, 0.05) is 36.0 Å². The summed E-state index contributed by atoms with van der Waals surface area (Å²) in [6.07, 6.45) is -3.91. The summed E-state index contributed by atoms with van der Waals surface area (Å²) in [5.41, 5.74) is 16.3. The van der Waals surface area contributed by atoms with Gasteiger partial charge in [-0.1, -0.05) is 10.2 Å². The van der Waals surface area contributed by atoms with Gasteiger partial charge in [-0.25, -0.2) is 0 Å². The van der Waals surface area contributed by atoms with E-state index < -0.39 is 24.0 Å². The molecule has 0 saturated heterocycles. The van der Waals surface area contributed by atoms with E-state index in [0.717, 1.165) is 0 Å². The van der Waals surface area contributed by atoms with Crippen molar-refractivity contribution in [1.29, 1.82) is 0 Å². The van der Waals surface area contributed by atoms with E-state index in [4.69, 9.17) is 58.4 Å². The van der Waals surface area contributed by atoms with Crippen LogP contribution in [0, 0.1) is 0 Å². The Balaban J connectivity index is 3.49. The highest BCUT2D eigenvalue weighted by atomic mass is 16.6. The molecule has 4 N–H and O–H groups in total. The zero-order valence-electron chi connectivity index (χ0n) is 28.6. The second-order valence-corrected chi connectivity index (χ2v) is 9.50. The number of hydrogen-bond donors (Lipinski definition) is 4. The quantitative estimate of drug-likeness (QED) is 0.0249. The van der Waals surface area contributed by atoms with Crippen molar-refractivity contribution in [3.05, 3.63) is 20.9 Å². The lowest BCUT2D eigenvalue weighted by Crippen LogP contribution is -2.50. The maximum atomic E-state index is 12.0. The second kappa shape index (κ2) is 38.9. The molecular weight excluding hydrogens is 672 g/mol. The van der Waals surface area contributed by atoms with Crippen LogP contribution in [0.25, 0.3) is 20.9 Å². The van der Waals surface area contributed by atoms with Gasteiger partial charge in [-0.15, -0.1) is 0 Å². The van der Waals surface area contributed by atoms with Gasteiger partial charge in [0.25, 0.3) is 11.8 Å². The summed E-state index contributed by atoms with van der Waals surface area (Å²) in [6, 6.07) is 0. The van der Waals surface area contributed by atoms with E-state index >= 15 is 0 Å². The first-order chi connectivity index (χ1) is 24.5. The van der Waals surface area contributed by atoms with Crippen molar-refractivity contribution in [2.45, 2.75) is 12.2 Å². The minimum Gasteiger partial charge on any atom is -0.380 e. The van der Waals surface area contributed by atoms with Crippen molar-refractivity contribution < 1.29 is 67.2 Å². The maximum absolute atomic E-state index is 12.0. The van der Waals surface area contributed by atoms with Crippen LogP contribution in [0.2, 0.25) is 0 Å². The Kier molecular flexibility index (Phi) is 36.6. The van der Waals surface area contributed by atoms with E-state index in [2.05, 4.69) is 30.7 Å². The molecule has 0 aliphatic rings. The van der Waals surface area contributed by atoms with Gasteiger partial charge in [0.05, 0.1) is 132 Å². The van der Waals surface area contributed by atoms with E-state index in [1.807, 2.05) is 0 Å². The Bertz CT molecular complexity index is 830. The first kappa shape index (κ1) is 47.1. The molecule has 0 heterocycles. The van der Waals surface area contributed by atoms with Crippen LogP contribution in [0.5, 0.6) is 0 Å². The van der Waals surface area contributed by atoms with E-state index in [1.54, 1.807) is 0 Å². The molecule has 2 atom stereocenters. The van der Waals surface area contributed by atoms with Crippen molar-refractivity contribution in [3.8, 4) is 0 Å². The van der Waals surface area contributed by atoms with E-state index in [9.17, 15) is 19.8 Å². The molecule has 2 amide bonds. The Labute approximate surface area is 291 Å². The van der Waals surface area contributed by atoms with Crippen LogP contribution < -0.4 is 10.6 Å². The number of rotatable bonds is 39. The molecule has 0 rings (SSSR count). The van der Waals surface area contributed by atoms with Crippen molar-refractivity contribution in [1.82, 2.24) is 10.6 Å².